The van der Waals surface area contributed by atoms with E-state index in [1.807, 2.05) is 25.1 Å². The summed E-state index contributed by atoms with van der Waals surface area (Å²) >= 11 is 0. The zero-order valence-electron chi connectivity index (χ0n) is 8.37. The lowest BCUT2D eigenvalue weighted by Crippen LogP contribution is -1.97. The van der Waals surface area contributed by atoms with Crippen molar-refractivity contribution >= 4 is 0 Å². The predicted octanol–water partition coefficient (Wildman–Crippen LogP) is 3.36. The summed E-state index contributed by atoms with van der Waals surface area (Å²) < 4.78 is 0. The van der Waals surface area contributed by atoms with Crippen molar-refractivity contribution in [2.45, 2.75) is 33.1 Å². The lowest BCUT2D eigenvalue weighted by molar-refractivity contribution is -0.138. The number of benzene rings is 1. The van der Waals surface area contributed by atoms with Gasteiger partial charge in [0.2, 0.25) is 0 Å². The highest BCUT2D eigenvalue weighted by atomic mass is 17.1. The molecule has 1 N–H and O–H groups in total. The Kier molecular flexibility index (Phi) is 3.32. The monoisotopic (exact) mass is 180 g/mol. The van der Waals surface area contributed by atoms with Gasteiger partial charge in [0, 0.05) is 5.56 Å². The summed E-state index contributed by atoms with van der Waals surface area (Å²) in [5.74, 6) is 0.997. The van der Waals surface area contributed by atoms with E-state index in [1.165, 1.54) is 0 Å². The third-order valence-electron chi connectivity index (χ3n) is 2.41. The van der Waals surface area contributed by atoms with E-state index in [0.29, 0.717) is 11.7 Å². The van der Waals surface area contributed by atoms with E-state index in [1.54, 1.807) is 0 Å². The van der Waals surface area contributed by atoms with Gasteiger partial charge in [-0.15, -0.1) is 0 Å². The topological polar surface area (TPSA) is 29.5 Å². The van der Waals surface area contributed by atoms with Crippen LogP contribution in [0.1, 0.15) is 37.3 Å². The summed E-state index contributed by atoms with van der Waals surface area (Å²) in [6.45, 7) is 6.21. The molecule has 1 unspecified atom stereocenters. The van der Waals surface area contributed by atoms with Crippen LogP contribution < -0.4 is 4.89 Å². The molecule has 0 aliphatic rings. The molecule has 2 heteroatoms. The summed E-state index contributed by atoms with van der Waals surface area (Å²) in [6.07, 6.45) is 1.04. The van der Waals surface area contributed by atoms with Gasteiger partial charge in [-0.05, 0) is 30.9 Å². The van der Waals surface area contributed by atoms with Gasteiger partial charge in [0.25, 0.3) is 0 Å². The van der Waals surface area contributed by atoms with Gasteiger partial charge in [0.1, 0.15) is 0 Å². The van der Waals surface area contributed by atoms with Gasteiger partial charge in [-0.25, -0.2) is 5.26 Å². The molecule has 0 bridgehead atoms. The quantitative estimate of drug-likeness (QED) is 0.571. The molecule has 1 aromatic rings. The Morgan fingerprint density at radius 2 is 2.15 bits per heavy atom. The summed E-state index contributed by atoms with van der Waals surface area (Å²) in [5.41, 5.74) is 2.16. The van der Waals surface area contributed by atoms with E-state index in [0.717, 1.165) is 17.5 Å². The zero-order valence-corrected chi connectivity index (χ0v) is 8.37. The first-order valence-electron chi connectivity index (χ1n) is 4.61. The molecule has 0 aromatic heterocycles. The molecule has 1 aromatic carbocycles. The highest BCUT2D eigenvalue weighted by molar-refractivity contribution is 5.38. The Morgan fingerprint density at radius 3 is 2.69 bits per heavy atom. The molecular formula is C11H16O2. The van der Waals surface area contributed by atoms with E-state index >= 15 is 0 Å². The molecule has 1 rings (SSSR count). The minimum atomic E-state index is 0.419. The van der Waals surface area contributed by atoms with Gasteiger partial charge in [-0.3, -0.25) is 0 Å². The van der Waals surface area contributed by atoms with Crippen LogP contribution in [0, 0.1) is 6.92 Å². The molecule has 0 saturated heterocycles. The third kappa shape index (κ3) is 2.22. The normalized spacial score (nSPS) is 12.6. The van der Waals surface area contributed by atoms with Gasteiger partial charge in [-0.2, -0.15) is 0 Å². The van der Waals surface area contributed by atoms with Crippen molar-refractivity contribution in [1.82, 2.24) is 0 Å². The maximum absolute atomic E-state index is 8.69. The zero-order chi connectivity index (χ0) is 9.84. The van der Waals surface area contributed by atoms with Crippen LogP contribution in [-0.4, -0.2) is 5.26 Å². The van der Waals surface area contributed by atoms with Crippen LogP contribution in [-0.2, 0) is 0 Å². The Bertz CT molecular complexity index is 281. The molecule has 2 nitrogen and oxygen atoms in total. The van der Waals surface area contributed by atoms with Crippen molar-refractivity contribution in [2.75, 3.05) is 0 Å². The van der Waals surface area contributed by atoms with Crippen molar-refractivity contribution in [2.24, 2.45) is 0 Å². The lowest BCUT2D eigenvalue weighted by Gasteiger charge is -2.12. The summed E-state index contributed by atoms with van der Waals surface area (Å²) in [5, 5.41) is 8.69. The highest BCUT2D eigenvalue weighted by Gasteiger charge is 2.10. The van der Waals surface area contributed by atoms with Crippen LogP contribution in [0.4, 0.5) is 0 Å². The smallest absolute Gasteiger partial charge is 0.168 e. The van der Waals surface area contributed by atoms with Gasteiger partial charge < -0.3 is 4.89 Å². The van der Waals surface area contributed by atoms with Crippen LogP contribution in [0.25, 0.3) is 0 Å². The van der Waals surface area contributed by atoms with Gasteiger partial charge in [0.05, 0.1) is 0 Å². The van der Waals surface area contributed by atoms with Crippen molar-refractivity contribution in [3.05, 3.63) is 29.3 Å². The molecule has 0 spiro atoms. The maximum atomic E-state index is 8.69. The molecule has 0 heterocycles. The molecule has 0 aliphatic carbocycles. The molecule has 0 amide bonds. The Balaban J connectivity index is 3.05. The molecule has 0 fully saturated rings. The van der Waals surface area contributed by atoms with Crippen LogP contribution in [0.15, 0.2) is 18.2 Å². The lowest BCUT2D eigenvalue weighted by atomic mass is 9.97. The first kappa shape index (κ1) is 10.1. The van der Waals surface area contributed by atoms with Crippen molar-refractivity contribution in [3.8, 4) is 5.75 Å². The van der Waals surface area contributed by atoms with Crippen LogP contribution in [0.5, 0.6) is 5.75 Å². The van der Waals surface area contributed by atoms with Gasteiger partial charge >= 0.3 is 0 Å². The van der Waals surface area contributed by atoms with E-state index in [2.05, 4.69) is 18.7 Å². The van der Waals surface area contributed by atoms with Crippen LogP contribution in [0.3, 0.4) is 0 Å². The largest absolute Gasteiger partial charge is 0.340 e. The number of rotatable bonds is 3. The van der Waals surface area contributed by atoms with Gasteiger partial charge in [0.15, 0.2) is 5.75 Å². The van der Waals surface area contributed by atoms with Crippen molar-refractivity contribution < 1.29 is 10.1 Å². The Labute approximate surface area is 79.1 Å². The fraction of sp³-hybridized carbons (Fsp3) is 0.455. The second-order valence-electron chi connectivity index (χ2n) is 3.44. The first-order valence-corrected chi connectivity index (χ1v) is 4.61. The summed E-state index contributed by atoms with van der Waals surface area (Å²) in [7, 11) is 0. The van der Waals surface area contributed by atoms with Gasteiger partial charge in [-0.1, -0.05) is 26.0 Å². The summed E-state index contributed by atoms with van der Waals surface area (Å²) in [4.78, 5) is 4.35. The Morgan fingerprint density at radius 1 is 1.46 bits per heavy atom. The SMILES string of the molecule is CCC(C)c1ccc(C)cc1OO. The maximum Gasteiger partial charge on any atom is 0.168 e. The van der Waals surface area contributed by atoms with E-state index in [4.69, 9.17) is 5.26 Å². The van der Waals surface area contributed by atoms with E-state index < -0.39 is 0 Å². The fourth-order valence-corrected chi connectivity index (χ4v) is 1.35. The molecule has 1 atom stereocenters. The molecule has 72 valence electrons. The van der Waals surface area contributed by atoms with Crippen molar-refractivity contribution in [3.63, 3.8) is 0 Å². The van der Waals surface area contributed by atoms with E-state index in [9.17, 15) is 0 Å². The summed E-state index contributed by atoms with van der Waals surface area (Å²) in [6, 6.07) is 5.89. The average molecular weight is 180 g/mol. The number of aryl methyl sites for hydroxylation is 1. The van der Waals surface area contributed by atoms with Crippen LogP contribution in [0.2, 0.25) is 0 Å². The minimum absolute atomic E-state index is 0.419. The predicted molar refractivity (Wildman–Crippen MR) is 53.1 cm³/mol. The molecule has 0 aliphatic heterocycles. The molecule has 0 radical (unpaired) electrons. The average Bonchev–Trinajstić information content (AvgIpc) is 2.16. The third-order valence-corrected chi connectivity index (χ3v) is 2.41. The molecule has 13 heavy (non-hydrogen) atoms. The second-order valence-corrected chi connectivity index (χ2v) is 3.44. The van der Waals surface area contributed by atoms with Crippen LogP contribution >= 0.6 is 0 Å². The van der Waals surface area contributed by atoms with E-state index in [-0.39, 0.29) is 0 Å². The Hall–Kier alpha value is -1.02. The second kappa shape index (κ2) is 4.28. The van der Waals surface area contributed by atoms with Crippen molar-refractivity contribution in [1.29, 1.82) is 0 Å². The number of hydrogen-bond donors (Lipinski definition) is 1. The molecule has 0 saturated carbocycles. The highest BCUT2D eigenvalue weighted by Crippen LogP contribution is 2.29. The minimum Gasteiger partial charge on any atom is -0.340 e. The number of hydrogen-bond acceptors (Lipinski definition) is 2. The molecular weight excluding hydrogens is 164 g/mol. The fourth-order valence-electron chi connectivity index (χ4n) is 1.35. The standard InChI is InChI=1S/C11H16O2/c1-4-9(3)10-6-5-8(2)7-11(10)13-12/h5-7,9,12H,4H2,1-3H3. The first-order chi connectivity index (χ1) is 6.19.